The molecule has 0 unspecified atom stereocenters. The van der Waals surface area contributed by atoms with Crippen molar-refractivity contribution in [1.82, 2.24) is 5.43 Å². The zero-order chi connectivity index (χ0) is 17.0. The van der Waals surface area contributed by atoms with Crippen molar-refractivity contribution < 1.29 is 24.9 Å². The second-order valence-electron chi connectivity index (χ2n) is 4.46. The van der Waals surface area contributed by atoms with Crippen LogP contribution in [0.5, 0.6) is 23.0 Å². The molecular formula is C15H13BrN2O5. The summed E-state index contributed by atoms with van der Waals surface area (Å²) in [6.07, 6.45) is 1.37. The van der Waals surface area contributed by atoms with E-state index in [1.807, 2.05) is 0 Å². The maximum Gasteiger partial charge on any atom is 0.271 e. The Bertz CT molecular complexity index is 777. The molecule has 0 saturated heterocycles. The summed E-state index contributed by atoms with van der Waals surface area (Å²) in [5, 5.41) is 32.0. The van der Waals surface area contributed by atoms with Crippen molar-refractivity contribution in [3.63, 3.8) is 0 Å². The first-order valence-electron chi connectivity index (χ1n) is 6.34. The molecule has 0 saturated carbocycles. The molecule has 1 amide bonds. The quantitative estimate of drug-likeness (QED) is 0.369. The van der Waals surface area contributed by atoms with Crippen molar-refractivity contribution >= 4 is 28.1 Å². The molecular weight excluding hydrogens is 368 g/mol. The summed E-state index contributed by atoms with van der Waals surface area (Å²) in [6, 6.07) is 6.82. The van der Waals surface area contributed by atoms with Crippen molar-refractivity contribution in [2.45, 2.75) is 0 Å². The summed E-state index contributed by atoms with van der Waals surface area (Å²) in [7, 11) is 1.42. The predicted molar refractivity (Wildman–Crippen MR) is 87.2 cm³/mol. The summed E-state index contributed by atoms with van der Waals surface area (Å²) in [5.74, 6) is -1.04. The molecule has 2 aromatic rings. The molecule has 4 N–H and O–H groups in total. The number of carbonyl (C=O) groups excluding carboxylic acids is 1. The molecule has 120 valence electrons. The van der Waals surface area contributed by atoms with Gasteiger partial charge in [0.1, 0.15) is 0 Å². The number of methoxy groups -OCH3 is 1. The van der Waals surface area contributed by atoms with Gasteiger partial charge in [0.25, 0.3) is 5.91 Å². The fourth-order valence-corrected chi connectivity index (χ4v) is 2.18. The van der Waals surface area contributed by atoms with E-state index >= 15 is 0 Å². The highest BCUT2D eigenvalue weighted by atomic mass is 79.9. The number of nitrogens with one attached hydrogen (secondary N) is 1. The van der Waals surface area contributed by atoms with Crippen molar-refractivity contribution in [3.05, 3.63) is 45.9 Å². The first kappa shape index (κ1) is 16.6. The number of hydrazone groups is 1. The van der Waals surface area contributed by atoms with Gasteiger partial charge in [-0.1, -0.05) is 0 Å². The van der Waals surface area contributed by atoms with Crippen LogP contribution in [0.25, 0.3) is 0 Å². The van der Waals surface area contributed by atoms with Crippen LogP contribution in [0.15, 0.2) is 39.9 Å². The average molecular weight is 381 g/mol. The highest BCUT2D eigenvalue weighted by molar-refractivity contribution is 9.10. The van der Waals surface area contributed by atoms with Gasteiger partial charge in [0.2, 0.25) is 0 Å². The Morgan fingerprint density at radius 3 is 2.61 bits per heavy atom. The number of hydrogen-bond acceptors (Lipinski definition) is 6. The third-order valence-electron chi connectivity index (χ3n) is 2.89. The maximum absolute atomic E-state index is 11.9. The Morgan fingerprint density at radius 1 is 1.22 bits per heavy atom. The lowest BCUT2D eigenvalue weighted by atomic mass is 10.2. The average Bonchev–Trinajstić information content (AvgIpc) is 2.53. The summed E-state index contributed by atoms with van der Waals surface area (Å²) in [6.45, 7) is 0. The second-order valence-corrected chi connectivity index (χ2v) is 5.31. The Labute approximate surface area is 140 Å². The third-order valence-corrected chi connectivity index (χ3v) is 3.49. The number of carbonyl (C=O) groups is 1. The minimum atomic E-state index is -0.554. The fraction of sp³-hybridized carbons (Fsp3) is 0.0667. The van der Waals surface area contributed by atoms with Crippen molar-refractivity contribution in [2.75, 3.05) is 7.11 Å². The maximum atomic E-state index is 11.9. The van der Waals surface area contributed by atoms with Crippen LogP contribution in [0.4, 0.5) is 0 Å². The molecule has 8 heteroatoms. The number of aromatic hydroxyl groups is 3. The Balaban J connectivity index is 2.10. The SMILES string of the molecule is COc1cc(/C=N\NC(=O)c2ccc(O)c(O)c2)cc(Br)c1O. The van der Waals surface area contributed by atoms with Gasteiger partial charge in [0.15, 0.2) is 23.0 Å². The molecule has 0 bridgehead atoms. The number of phenolic OH excluding ortho intramolecular Hbond substituents is 3. The van der Waals surface area contributed by atoms with E-state index in [9.17, 15) is 20.1 Å². The van der Waals surface area contributed by atoms with Crippen LogP contribution < -0.4 is 10.2 Å². The van der Waals surface area contributed by atoms with Crippen LogP contribution in [0, 0.1) is 0 Å². The zero-order valence-electron chi connectivity index (χ0n) is 11.9. The van der Waals surface area contributed by atoms with Crippen LogP contribution in [-0.2, 0) is 0 Å². The fourth-order valence-electron chi connectivity index (χ4n) is 1.72. The van der Waals surface area contributed by atoms with Crippen molar-refractivity contribution in [2.24, 2.45) is 5.10 Å². The van der Waals surface area contributed by atoms with E-state index in [4.69, 9.17) is 4.74 Å². The lowest BCUT2D eigenvalue weighted by molar-refractivity contribution is 0.0954. The molecule has 0 aromatic heterocycles. The summed E-state index contributed by atoms with van der Waals surface area (Å²) < 4.78 is 5.43. The summed E-state index contributed by atoms with van der Waals surface area (Å²) >= 11 is 3.18. The molecule has 0 atom stereocenters. The Kier molecular flexibility index (Phi) is 5.07. The molecule has 0 aliphatic heterocycles. The monoisotopic (exact) mass is 380 g/mol. The minimum Gasteiger partial charge on any atom is -0.504 e. The number of ether oxygens (including phenoxy) is 1. The molecule has 0 aliphatic rings. The minimum absolute atomic E-state index is 0.0340. The second kappa shape index (κ2) is 7.01. The highest BCUT2D eigenvalue weighted by Crippen LogP contribution is 2.34. The van der Waals surface area contributed by atoms with Gasteiger partial charge in [-0.2, -0.15) is 5.10 Å². The summed E-state index contributed by atoms with van der Waals surface area (Å²) in [4.78, 5) is 11.9. The molecule has 0 aliphatic carbocycles. The van der Waals surface area contributed by atoms with Crippen LogP contribution in [-0.4, -0.2) is 34.6 Å². The van der Waals surface area contributed by atoms with Gasteiger partial charge < -0.3 is 20.1 Å². The predicted octanol–water partition coefficient (Wildman–Crippen LogP) is 2.34. The van der Waals surface area contributed by atoms with Crippen LogP contribution in [0.2, 0.25) is 0 Å². The van der Waals surface area contributed by atoms with Crippen LogP contribution in [0.3, 0.4) is 0 Å². The number of benzene rings is 2. The zero-order valence-corrected chi connectivity index (χ0v) is 13.5. The first-order chi connectivity index (χ1) is 10.9. The number of halogens is 1. The first-order valence-corrected chi connectivity index (χ1v) is 7.13. The number of amides is 1. The number of phenols is 3. The standard InChI is InChI=1S/C15H13BrN2O5/c1-23-13-5-8(4-10(16)14(13)21)7-17-18-15(22)9-2-3-11(19)12(20)6-9/h2-7,19-21H,1H3,(H,18,22)/b17-7-. The molecule has 0 fully saturated rings. The van der Waals surface area contributed by atoms with Gasteiger partial charge in [-0.25, -0.2) is 5.43 Å². The van der Waals surface area contributed by atoms with Gasteiger partial charge in [0.05, 0.1) is 17.8 Å². The Hall–Kier alpha value is -2.74. The number of nitrogens with zero attached hydrogens (tertiary/aromatic N) is 1. The lowest BCUT2D eigenvalue weighted by Crippen LogP contribution is -2.17. The molecule has 2 rings (SSSR count). The van der Waals surface area contributed by atoms with E-state index in [2.05, 4.69) is 26.5 Å². The smallest absolute Gasteiger partial charge is 0.271 e. The normalized spacial score (nSPS) is 10.7. The van der Waals surface area contributed by atoms with E-state index < -0.39 is 11.7 Å². The molecule has 0 radical (unpaired) electrons. The highest BCUT2D eigenvalue weighted by Gasteiger charge is 2.09. The van der Waals surface area contributed by atoms with Gasteiger partial charge in [-0.3, -0.25) is 4.79 Å². The largest absolute Gasteiger partial charge is 0.504 e. The number of hydrogen-bond donors (Lipinski definition) is 4. The van der Waals surface area contributed by atoms with Crippen LogP contribution in [0.1, 0.15) is 15.9 Å². The number of rotatable bonds is 4. The molecule has 23 heavy (non-hydrogen) atoms. The van der Waals surface area contributed by atoms with E-state index in [-0.39, 0.29) is 22.8 Å². The molecule has 2 aromatic carbocycles. The molecule has 0 heterocycles. The van der Waals surface area contributed by atoms with E-state index in [0.29, 0.717) is 10.0 Å². The Morgan fingerprint density at radius 2 is 1.96 bits per heavy atom. The van der Waals surface area contributed by atoms with Gasteiger partial charge >= 0.3 is 0 Å². The summed E-state index contributed by atoms with van der Waals surface area (Å²) in [5.41, 5.74) is 3.01. The van der Waals surface area contributed by atoms with Crippen molar-refractivity contribution in [1.29, 1.82) is 0 Å². The topological polar surface area (TPSA) is 111 Å². The van der Waals surface area contributed by atoms with E-state index in [1.54, 1.807) is 12.1 Å². The van der Waals surface area contributed by atoms with Crippen molar-refractivity contribution in [3.8, 4) is 23.0 Å². The van der Waals surface area contributed by atoms with Crippen LogP contribution >= 0.6 is 15.9 Å². The molecule has 0 spiro atoms. The van der Waals surface area contributed by atoms with Gasteiger partial charge in [0, 0.05) is 5.56 Å². The van der Waals surface area contributed by atoms with E-state index in [0.717, 1.165) is 6.07 Å². The van der Waals surface area contributed by atoms with Gasteiger partial charge in [-0.15, -0.1) is 0 Å². The third kappa shape index (κ3) is 3.92. The van der Waals surface area contributed by atoms with E-state index in [1.165, 1.54) is 25.5 Å². The molecule has 7 nitrogen and oxygen atoms in total. The van der Waals surface area contributed by atoms with Gasteiger partial charge in [-0.05, 0) is 51.8 Å². The lowest BCUT2D eigenvalue weighted by Gasteiger charge is -2.06.